The number of amides is 3. The number of benzene rings is 1. The van der Waals surface area contributed by atoms with Crippen LogP contribution in [0.1, 0.15) is 48.5 Å². The number of hydrogen-bond donors (Lipinski definition) is 2. The molecular formula is C21H25N3O3S. The first-order chi connectivity index (χ1) is 13.1. The Morgan fingerprint density at radius 1 is 1.11 bits per heavy atom. The fraction of sp³-hybridized carbons (Fsp3) is 0.381. The van der Waals surface area contributed by atoms with E-state index < -0.39 is 5.41 Å². The van der Waals surface area contributed by atoms with Gasteiger partial charge in [-0.15, -0.1) is 11.3 Å². The van der Waals surface area contributed by atoms with E-state index in [2.05, 4.69) is 10.6 Å². The molecule has 0 bridgehead atoms. The van der Waals surface area contributed by atoms with Gasteiger partial charge in [0.1, 0.15) is 0 Å². The van der Waals surface area contributed by atoms with Crippen LogP contribution in [0.4, 0.5) is 16.4 Å². The Morgan fingerprint density at radius 3 is 2.46 bits per heavy atom. The van der Waals surface area contributed by atoms with Gasteiger partial charge in [0.2, 0.25) is 11.8 Å². The van der Waals surface area contributed by atoms with E-state index >= 15 is 0 Å². The van der Waals surface area contributed by atoms with E-state index in [0.29, 0.717) is 22.1 Å². The predicted molar refractivity (Wildman–Crippen MR) is 113 cm³/mol. The van der Waals surface area contributed by atoms with Crippen molar-refractivity contribution in [1.29, 1.82) is 0 Å². The molecule has 1 aromatic heterocycles. The second kappa shape index (κ2) is 7.39. The molecule has 2 heterocycles. The highest BCUT2D eigenvalue weighted by Crippen LogP contribution is 2.32. The maximum atomic E-state index is 12.7. The van der Waals surface area contributed by atoms with Gasteiger partial charge in [-0.05, 0) is 48.7 Å². The summed E-state index contributed by atoms with van der Waals surface area (Å²) >= 11 is 1.26. The van der Waals surface area contributed by atoms with Gasteiger partial charge in [-0.1, -0.05) is 20.8 Å². The molecule has 1 aliphatic heterocycles. The summed E-state index contributed by atoms with van der Waals surface area (Å²) in [5.74, 6) is -0.274. The molecule has 1 aromatic carbocycles. The number of fused-ring (bicyclic) bond motifs is 1. The molecule has 0 saturated heterocycles. The molecule has 2 N–H and O–H groups in total. The number of carbonyl (C=O) groups excluding carboxylic acids is 3. The SMILES string of the molecule is CC(=O)N1CCc2cc(NC(=O)c3sc(NC(=O)C(C)(C)C)cc3C)ccc21. The van der Waals surface area contributed by atoms with Crippen LogP contribution in [0, 0.1) is 12.3 Å². The van der Waals surface area contributed by atoms with E-state index in [4.69, 9.17) is 0 Å². The fourth-order valence-corrected chi connectivity index (χ4v) is 4.03. The minimum absolute atomic E-state index is 0.0228. The summed E-state index contributed by atoms with van der Waals surface area (Å²) in [6, 6.07) is 7.41. The average molecular weight is 400 g/mol. The molecule has 3 amide bonds. The van der Waals surface area contributed by atoms with E-state index in [9.17, 15) is 14.4 Å². The quantitative estimate of drug-likeness (QED) is 0.812. The van der Waals surface area contributed by atoms with Crippen LogP contribution in [0.2, 0.25) is 0 Å². The lowest BCUT2D eigenvalue weighted by atomic mass is 9.96. The van der Waals surface area contributed by atoms with Crippen LogP contribution < -0.4 is 15.5 Å². The number of rotatable bonds is 3. The maximum absolute atomic E-state index is 12.7. The van der Waals surface area contributed by atoms with E-state index in [1.54, 1.807) is 11.8 Å². The van der Waals surface area contributed by atoms with Crippen molar-refractivity contribution in [3.8, 4) is 0 Å². The number of carbonyl (C=O) groups is 3. The molecule has 6 nitrogen and oxygen atoms in total. The second-order valence-electron chi connectivity index (χ2n) is 8.05. The molecule has 0 aliphatic carbocycles. The fourth-order valence-electron chi connectivity index (χ4n) is 3.06. The Labute approximate surface area is 168 Å². The van der Waals surface area contributed by atoms with Gasteiger partial charge in [0, 0.05) is 30.3 Å². The summed E-state index contributed by atoms with van der Waals surface area (Å²) in [6.45, 7) is 9.61. The van der Waals surface area contributed by atoms with E-state index in [-0.39, 0.29) is 17.7 Å². The molecule has 0 fully saturated rings. The van der Waals surface area contributed by atoms with Crippen LogP contribution in [-0.2, 0) is 16.0 Å². The predicted octanol–water partition coefficient (Wildman–Crippen LogP) is 4.20. The van der Waals surface area contributed by atoms with Gasteiger partial charge in [0.05, 0.1) is 9.88 Å². The summed E-state index contributed by atoms with van der Waals surface area (Å²) in [4.78, 5) is 38.9. The molecule has 0 spiro atoms. The zero-order chi connectivity index (χ0) is 20.6. The van der Waals surface area contributed by atoms with Gasteiger partial charge in [-0.3, -0.25) is 14.4 Å². The summed E-state index contributed by atoms with van der Waals surface area (Å²) in [7, 11) is 0. The van der Waals surface area contributed by atoms with Gasteiger partial charge in [0.15, 0.2) is 0 Å². The molecule has 3 rings (SSSR count). The van der Waals surface area contributed by atoms with Crippen molar-refractivity contribution in [2.75, 3.05) is 22.1 Å². The van der Waals surface area contributed by atoms with Crippen LogP contribution in [-0.4, -0.2) is 24.3 Å². The summed E-state index contributed by atoms with van der Waals surface area (Å²) in [5.41, 5.74) is 2.97. The Morgan fingerprint density at radius 2 is 1.82 bits per heavy atom. The Bertz CT molecular complexity index is 956. The van der Waals surface area contributed by atoms with E-state index in [1.165, 1.54) is 11.3 Å². The van der Waals surface area contributed by atoms with Gasteiger partial charge in [-0.25, -0.2) is 0 Å². The lowest BCUT2D eigenvalue weighted by Gasteiger charge is -2.16. The van der Waals surface area contributed by atoms with Crippen molar-refractivity contribution in [2.24, 2.45) is 5.41 Å². The third-order valence-corrected chi connectivity index (χ3v) is 5.81. The largest absolute Gasteiger partial charge is 0.321 e. The van der Waals surface area contributed by atoms with Crippen molar-refractivity contribution < 1.29 is 14.4 Å². The van der Waals surface area contributed by atoms with Gasteiger partial charge < -0.3 is 15.5 Å². The van der Waals surface area contributed by atoms with Crippen LogP contribution in [0.3, 0.4) is 0 Å². The van der Waals surface area contributed by atoms with Crippen LogP contribution >= 0.6 is 11.3 Å². The lowest BCUT2D eigenvalue weighted by molar-refractivity contribution is -0.123. The molecule has 0 atom stereocenters. The average Bonchev–Trinajstić information content (AvgIpc) is 3.17. The topological polar surface area (TPSA) is 78.5 Å². The molecule has 28 heavy (non-hydrogen) atoms. The standard InChI is InChI=1S/C21H25N3O3S/c1-12-10-17(23-20(27)21(3,4)5)28-18(12)19(26)22-15-6-7-16-14(11-15)8-9-24(16)13(2)25/h6-7,10-11H,8-9H2,1-5H3,(H,22,26)(H,23,27). The van der Waals surface area contributed by atoms with Crippen LogP contribution in [0.25, 0.3) is 0 Å². The zero-order valence-electron chi connectivity index (χ0n) is 16.8. The number of nitrogens with zero attached hydrogens (tertiary/aromatic N) is 1. The number of aryl methyl sites for hydroxylation is 1. The first kappa shape index (κ1) is 20.1. The van der Waals surface area contributed by atoms with Gasteiger partial charge >= 0.3 is 0 Å². The number of thiophene rings is 1. The molecular weight excluding hydrogens is 374 g/mol. The highest BCUT2D eigenvalue weighted by atomic mass is 32.1. The van der Waals surface area contributed by atoms with E-state index in [1.807, 2.05) is 52.0 Å². The van der Waals surface area contributed by atoms with Crippen LogP contribution in [0.5, 0.6) is 0 Å². The maximum Gasteiger partial charge on any atom is 0.266 e. The van der Waals surface area contributed by atoms with Crippen LogP contribution in [0.15, 0.2) is 24.3 Å². The monoisotopic (exact) mass is 399 g/mol. The zero-order valence-corrected chi connectivity index (χ0v) is 17.6. The Hall–Kier alpha value is -2.67. The first-order valence-electron chi connectivity index (χ1n) is 9.20. The molecule has 7 heteroatoms. The van der Waals surface area contributed by atoms with Crippen molar-refractivity contribution >= 4 is 45.4 Å². The van der Waals surface area contributed by atoms with Crippen molar-refractivity contribution in [3.63, 3.8) is 0 Å². The molecule has 148 valence electrons. The number of anilines is 3. The number of hydrogen-bond acceptors (Lipinski definition) is 4. The summed E-state index contributed by atoms with van der Waals surface area (Å²) < 4.78 is 0. The third-order valence-electron chi connectivity index (χ3n) is 4.65. The van der Waals surface area contributed by atoms with Gasteiger partial charge in [0.25, 0.3) is 5.91 Å². The summed E-state index contributed by atoms with van der Waals surface area (Å²) in [5, 5.41) is 6.46. The second-order valence-corrected chi connectivity index (χ2v) is 9.10. The smallest absolute Gasteiger partial charge is 0.266 e. The van der Waals surface area contributed by atoms with Crippen molar-refractivity contribution in [2.45, 2.75) is 41.0 Å². The van der Waals surface area contributed by atoms with Crippen molar-refractivity contribution in [1.82, 2.24) is 0 Å². The lowest BCUT2D eigenvalue weighted by Crippen LogP contribution is -2.27. The molecule has 0 saturated carbocycles. The minimum Gasteiger partial charge on any atom is -0.321 e. The first-order valence-corrected chi connectivity index (χ1v) is 10.0. The molecule has 2 aromatic rings. The molecule has 0 unspecified atom stereocenters. The minimum atomic E-state index is -0.501. The Balaban J connectivity index is 1.74. The third kappa shape index (κ3) is 4.09. The highest BCUT2D eigenvalue weighted by Gasteiger charge is 2.24. The summed E-state index contributed by atoms with van der Waals surface area (Å²) in [6.07, 6.45) is 0.777. The highest BCUT2D eigenvalue weighted by molar-refractivity contribution is 7.18. The van der Waals surface area contributed by atoms with Gasteiger partial charge in [-0.2, -0.15) is 0 Å². The van der Waals surface area contributed by atoms with E-state index in [0.717, 1.165) is 23.2 Å². The number of nitrogens with one attached hydrogen (secondary N) is 2. The molecule has 1 aliphatic rings. The normalized spacial score (nSPS) is 13.2. The van der Waals surface area contributed by atoms with Crippen molar-refractivity contribution in [3.05, 3.63) is 40.3 Å². The molecule has 0 radical (unpaired) electrons. The Kier molecular flexibility index (Phi) is 5.30.